The molecular weight excluding hydrogens is 538 g/mol. The molecule has 2 aromatic rings. The summed E-state index contributed by atoms with van der Waals surface area (Å²) in [4.78, 5) is 54.9. The van der Waals surface area contributed by atoms with E-state index in [1.807, 2.05) is 38.1 Å². The lowest BCUT2D eigenvalue weighted by Crippen LogP contribution is -2.53. The third-order valence-electron chi connectivity index (χ3n) is 7.25. The molecule has 4 amide bonds. The van der Waals surface area contributed by atoms with Gasteiger partial charge in [-0.3, -0.25) is 24.1 Å². The zero-order valence-electron chi connectivity index (χ0n) is 24.3. The minimum atomic E-state index is -1.18. The summed E-state index contributed by atoms with van der Waals surface area (Å²) in [5, 5.41) is 11.2. The average molecular weight is 580 g/mol. The Labute approximate surface area is 246 Å². The lowest BCUT2D eigenvalue weighted by molar-refractivity contribution is -0.131. The zero-order valence-corrected chi connectivity index (χ0v) is 24.3. The Morgan fingerprint density at radius 1 is 1.00 bits per heavy atom. The van der Waals surface area contributed by atoms with Gasteiger partial charge in [-0.1, -0.05) is 50.2 Å². The van der Waals surface area contributed by atoms with Gasteiger partial charge in [-0.2, -0.15) is 0 Å². The number of benzene rings is 2. The van der Waals surface area contributed by atoms with Crippen LogP contribution in [-0.4, -0.2) is 80.1 Å². The molecule has 2 atom stereocenters. The lowest BCUT2D eigenvalue weighted by Gasteiger charge is -2.26. The van der Waals surface area contributed by atoms with E-state index in [0.717, 1.165) is 44.0 Å². The summed E-state index contributed by atoms with van der Waals surface area (Å²) in [5.41, 5.74) is 2.28. The van der Waals surface area contributed by atoms with E-state index in [0.29, 0.717) is 18.7 Å². The van der Waals surface area contributed by atoms with Crippen LogP contribution in [0.3, 0.4) is 0 Å². The van der Waals surface area contributed by atoms with Crippen LogP contribution >= 0.6 is 0 Å². The molecule has 11 heteroatoms. The quantitative estimate of drug-likeness (QED) is 0.406. The number of hydrogen-bond acceptors (Lipinski definition) is 7. The topological polar surface area (TPSA) is 138 Å². The van der Waals surface area contributed by atoms with Crippen LogP contribution in [0.2, 0.25) is 0 Å². The third-order valence-corrected chi connectivity index (χ3v) is 7.25. The second kappa shape index (κ2) is 15.3. The van der Waals surface area contributed by atoms with Gasteiger partial charge in [0.1, 0.15) is 17.8 Å². The highest BCUT2D eigenvalue weighted by Crippen LogP contribution is 2.19. The second-order valence-corrected chi connectivity index (χ2v) is 10.9. The molecular formula is C31H41N5O6. The van der Waals surface area contributed by atoms with Gasteiger partial charge >= 0.3 is 0 Å². The molecule has 2 heterocycles. The van der Waals surface area contributed by atoms with Gasteiger partial charge in [0.05, 0.1) is 31.8 Å². The van der Waals surface area contributed by atoms with Gasteiger partial charge in [0.25, 0.3) is 5.91 Å². The summed E-state index contributed by atoms with van der Waals surface area (Å²) >= 11 is 0. The normalized spacial score (nSPS) is 21.1. The highest BCUT2D eigenvalue weighted by molar-refractivity contribution is 6.01. The Kier molecular flexibility index (Phi) is 11.3. The predicted molar refractivity (Wildman–Crippen MR) is 157 cm³/mol. The molecule has 0 saturated carbocycles. The van der Waals surface area contributed by atoms with Crippen molar-refractivity contribution in [1.82, 2.24) is 26.2 Å². The Hall–Kier alpha value is -3.96. The first-order valence-corrected chi connectivity index (χ1v) is 14.6. The first kappa shape index (κ1) is 31.0. The first-order valence-electron chi connectivity index (χ1n) is 14.6. The number of nitrogens with one attached hydrogen (secondary N) is 4. The van der Waals surface area contributed by atoms with Crippen molar-refractivity contribution < 1.29 is 28.7 Å². The van der Waals surface area contributed by atoms with E-state index >= 15 is 0 Å². The van der Waals surface area contributed by atoms with Crippen LogP contribution in [0.25, 0.3) is 0 Å². The maximum Gasteiger partial charge on any atom is 0.255 e. The van der Waals surface area contributed by atoms with Crippen molar-refractivity contribution in [3.63, 3.8) is 0 Å². The summed E-state index contributed by atoms with van der Waals surface area (Å²) in [5.74, 6) is -1.69. The standard InChI is InChI=1S/C31H41N5O6/c1-21(2)28-31(40)32-11-6-14-42-26-10-4-3-9-24(26)29(38)34-25(18-27(37)35-28)30(39)33-19-22-7-5-8-23(17-22)20-36-12-15-41-16-13-36/h3-5,7-10,17,21,25,28H,6,11-16,18-20H2,1-2H3,(H,32,40)(H,33,39)(H,34,38)(H,35,37)/t25-,28+/m0/s1. The Morgan fingerprint density at radius 3 is 2.55 bits per heavy atom. The van der Waals surface area contributed by atoms with Crippen molar-refractivity contribution >= 4 is 23.6 Å². The molecule has 0 aliphatic carbocycles. The minimum Gasteiger partial charge on any atom is -0.493 e. The van der Waals surface area contributed by atoms with Crippen molar-refractivity contribution in [1.29, 1.82) is 0 Å². The number of fused-ring (bicyclic) bond motifs is 1. The van der Waals surface area contributed by atoms with E-state index in [-0.39, 0.29) is 37.0 Å². The molecule has 226 valence electrons. The van der Waals surface area contributed by atoms with Gasteiger partial charge in [-0.05, 0) is 35.6 Å². The number of nitrogens with zero attached hydrogens (tertiary/aromatic N) is 1. The van der Waals surface area contributed by atoms with Crippen LogP contribution in [-0.2, 0) is 32.2 Å². The van der Waals surface area contributed by atoms with E-state index in [1.165, 1.54) is 0 Å². The van der Waals surface area contributed by atoms with Gasteiger partial charge in [-0.15, -0.1) is 0 Å². The number of para-hydroxylation sites is 1. The highest BCUT2D eigenvalue weighted by atomic mass is 16.5. The smallest absolute Gasteiger partial charge is 0.255 e. The predicted octanol–water partition coefficient (Wildman–Crippen LogP) is 1.36. The Balaban J connectivity index is 1.49. The molecule has 11 nitrogen and oxygen atoms in total. The van der Waals surface area contributed by atoms with Crippen LogP contribution in [0.15, 0.2) is 48.5 Å². The number of amides is 4. The van der Waals surface area contributed by atoms with E-state index in [4.69, 9.17) is 9.47 Å². The summed E-state index contributed by atoms with van der Waals surface area (Å²) in [6.45, 7) is 8.48. The summed E-state index contributed by atoms with van der Waals surface area (Å²) in [6, 6.07) is 12.7. The molecule has 0 spiro atoms. The van der Waals surface area contributed by atoms with Crippen molar-refractivity contribution in [2.24, 2.45) is 5.92 Å². The van der Waals surface area contributed by atoms with E-state index in [9.17, 15) is 19.2 Å². The molecule has 2 aliphatic heterocycles. The van der Waals surface area contributed by atoms with Gasteiger partial charge in [0, 0.05) is 32.7 Å². The molecule has 2 aliphatic rings. The highest BCUT2D eigenvalue weighted by Gasteiger charge is 2.29. The number of hydrogen-bond donors (Lipinski definition) is 4. The molecule has 0 radical (unpaired) electrons. The molecule has 0 unspecified atom stereocenters. The van der Waals surface area contributed by atoms with Gasteiger partial charge in [-0.25, -0.2) is 0 Å². The summed E-state index contributed by atoms with van der Waals surface area (Å²) in [7, 11) is 0. The summed E-state index contributed by atoms with van der Waals surface area (Å²) < 4.78 is 11.3. The van der Waals surface area contributed by atoms with Crippen LogP contribution in [0, 0.1) is 5.92 Å². The maximum absolute atomic E-state index is 13.4. The molecule has 42 heavy (non-hydrogen) atoms. The molecule has 4 rings (SSSR count). The van der Waals surface area contributed by atoms with Crippen molar-refractivity contribution in [2.75, 3.05) is 39.5 Å². The van der Waals surface area contributed by atoms with E-state index < -0.39 is 29.8 Å². The summed E-state index contributed by atoms with van der Waals surface area (Å²) in [6.07, 6.45) is 0.174. The van der Waals surface area contributed by atoms with Crippen molar-refractivity contribution in [2.45, 2.75) is 51.9 Å². The Bertz CT molecular complexity index is 1250. The maximum atomic E-state index is 13.4. The van der Waals surface area contributed by atoms with Crippen molar-refractivity contribution in [3.8, 4) is 5.75 Å². The fourth-order valence-corrected chi connectivity index (χ4v) is 4.92. The largest absolute Gasteiger partial charge is 0.493 e. The van der Waals surface area contributed by atoms with Crippen LogP contribution in [0.4, 0.5) is 0 Å². The number of morpholine rings is 1. The lowest BCUT2D eigenvalue weighted by atomic mass is 10.0. The van der Waals surface area contributed by atoms with Crippen LogP contribution in [0.5, 0.6) is 5.75 Å². The minimum absolute atomic E-state index is 0.184. The monoisotopic (exact) mass is 579 g/mol. The van der Waals surface area contributed by atoms with E-state index in [1.54, 1.807) is 24.3 Å². The van der Waals surface area contributed by atoms with Crippen LogP contribution in [0.1, 0.15) is 48.2 Å². The molecule has 1 saturated heterocycles. The third kappa shape index (κ3) is 9.02. The van der Waals surface area contributed by atoms with E-state index in [2.05, 4.69) is 26.2 Å². The molecule has 0 bridgehead atoms. The zero-order chi connectivity index (χ0) is 29.9. The number of carbonyl (C=O) groups excluding carboxylic acids is 4. The van der Waals surface area contributed by atoms with Crippen molar-refractivity contribution in [3.05, 3.63) is 65.2 Å². The SMILES string of the molecule is CC(C)[C@H]1NC(=O)C[C@@H](C(=O)NCc2cccc(CN3CCOCC3)c2)NC(=O)c2ccccc2OCCCNC1=O. The second-order valence-electron chi connectivity index (χ2n) is 10.9. The number of ether oxygens (including phenoxy) is 2. The fraction of sp³-hybridized carbons (Fsp3) is 0.484. The number of rotatable bonds is 6. The van der Waals surface area contributed by atoms with Gasteiger partial charge in [0.2, 0.25) is 17.7 Å². The van der Waals surface area contributed by atoms with Gasteiger partial charge < -0.3 is 30.7 Å². The molecule has 0 aromatic heterocycles. The average Bonchev–Trinajstić information content (AvgIpc) is 2.98. The Morgan fingerprint density at radius 2 is 1.76 bits per heavy atom. The molecule has 2 aromatic carbocycles. The van der Waals surface area contributed by atoms with Crippen LogP contribution < -0.4 is 26.0 Å². The number of carbonyl (C=O) groups is 4. The first-order chi connectivity index (χ1) is 20.3. The fourth-order valence-electron chi connectivity index (χ4n) is 4.92. The molecule has 4 N–H and O–H groups in total. The van der Waals surface area contributed by atoms with Gasteiger partial charge in [0.15, 0.2) is 0 Å². The molecule has 1 fully saturated rings.